The average Bonchev–Trinajstić information content (AvgIpc) is 2.54. The van der Waals surface area contributed by atoms with Crippen molar-refractivity contribution in [2.45, 2.75) is 20.0 Å². The molecule has 0 radical (unpaired) electrons. The van der Waals surface area contributed by atoms with Crippen LogP contribution < -0.4 is 9.04 Å². The third-order valence-corrected chi connectivity index (χ3v) is 5.30. The monoisotopic (exact) mass is 377 g/mol. The number of fused-ring (bicyclic) bond motifs is 1. The predicted molar refractivity (Wildman–Crippen MR) is 90.1 cm³/mol. The van der Waals surface area contributed by atoms with Crippen molar-refractivity contribution in [1.82, 2.24) is 0 Å². The lowest BCUT2D eigenvalue weighted by Crippen LogP contribution is -2.48. The Bertz CT molecular complexity index is 693. The number of benzene rings is 1. The fourth-order valence-electron chi connectivity index (χ4n) is 2.26. The molecule has 134 valence electrons. The van der Waals surface area contributed by atoms with Crippen molar-refractivity contribution < 1.29 is 27.4 Å². The van der Waals surface area contributed by atoms with Gasteiger partial charge in [-0.05, 0) is 32.0 Å². The van der Waals surface area contributed by atoms with Crippen LogP contribution in [0.1, 0.15) is 13.8 Å². The normalized spacial score (nSPS) is 17.1. The molecule has 1 aromatic rings. The van der Waals surface area contributed by atoms with Crippen molar-refractivity contribution in [3.63, 3.8) is 0 Å². The quantitative estimate of drug-likeness (QED) is 0.532. The third kappa shape index (κ3) is 4.31. The molecule has 0 bridgehead atoms. The lowest BCUT2D eigenvalue weighted by Gasteiger charge is -2.34. The van der Waals surface area contributed by atoms with Crippen LogP contribution >= 0.6 is 11.6 Å². The van der Waals surface area contributed by atoms with Crippen molar-refractivity contribution in [3.05, 3.63) is 23.2 Å². The van der Waals surface area contributed by atoms with Crippen LogP contribution in [0.15, 0.2) is 18.2 Å². The van der Waals surface area contributed by atoms with Crippen LogP contribution in [-0.4, -0.2) is 52.6 Å². The molecule has 1 aliphatic heterocycles. The van der Waals surface area contributed by atoms with Gasteiger partial charge < -0.3 is 14.2 Å². The van der Waals surface area contributed by atoms with Gasteiger partial charge in [-0.3, -0.25) is 4.31 Å². The molecular weight excluding hydrogens is 358 g/mol. The molecule has 0 fully saturated rings. The van der Waals surface area contributed by atoms with Gasteiger partial charge in [0, 0.05) is 11.6 Å². The minimum atomic E-state index is -3.71. The molecule has 2 rings (SSSR count). The highest BCUT2D eigenvalue weighted by atomic mass is 35.5. The molecule has 0 spiro atoms. The fraction of sp³-hybridized carbons (Fsp3) is 0.533. The van der Waals surface area contributed by atoms with Gasteiger partial charge in [0.2, 0.25) is 16.1 Å². The molecule has 0 amide bonds. The van der Waals surface area contributed by atoms with E-state index in [1.54, 1.807) is 19.9 Å². The molecule has 24 heavy (non-hydrogen) atoms. The molecule has 0 aromatic heterocycles. The van der Waals surface area contributed by atoms with Crippen LogP contribution in [-0.2, 0) is 24.3 Å². The summed E-state index contributed by atoms with van der Waals surface area (Å²) in [6.07, 6.45) is -1.03. The summed E-state index contributed by atoms with van der Waals surface area (Å²) in [5, 5.41) is 0.372. The van der Waals surface area contributed by atoms with Crippen molar-refractivity contribution in [2.75, 3.05) is 36.4 Å². The molecule has 0 aliphatic carbocycles. The SMILES string of the molecule is CCOCCS(=O)(=O)N1CC(C(=O)OCC)Oc2ccc(Cl)cc21. The van der Waals surface area contributed by atoms with Gasteiger partial charge in [0.25, 0.3) is 0 Å². The predicted octanol–water partition coefficient (Wildman–Crippen LogP) is 1.84. The summed E-state index contributed by atoms with van der Waals surface area (Å²) in [5.74, 6) is -0.547. The van der Waals surface area contributed by atoms with Crippen LogP contribution in [0.5, 0.6) is 5.75 Å². The van der Waals surface area contributed by atoms with Crippen LogP contribution in [0, 0.1) is 0 Å². The summed E-state index contributed by atoms with van der Waals surface area (Å²) < 4.78 is 42.1. The van der Waals surface area contributed by atoms with E-state index in [2.05, 4.69) is 0 Å². The number of anilines is 1. The van der Waals surface area contributed by atoms with E-state index < -0.39 is 22.1 Å². The van der Waals surface area contributed by atoms with E-state index in [1.807, 2.05) is 0 Å². The van der Waals surface area contributed by atoms with E-state index >= 15 is 0 Å². The van der Waals surface area contributed by atoms with Gasteiger partial charge in [-0.1, -0.05) is 11.6 Å². The van der Waals surface area contributed by atoms with Crippen molar-refractivity contribution in [3.8, 4) is 5.75 Å². The number of hydrogen-bond donors (Lipinski definition) is 0. The maximum atomic E-state index is 12.7. The molecule has 0 saturated carbocycles. The summed E-state index contributed by atoms with van der Waals surface area (Å²) in [6, 6.07) is 4.60. The highest BCUT2D eigenvalue weighted by Gasteiger charge is 2.37. The van der Waals surface area contributed by atoms with E-state index in [0.29, 0.717) is 17.3 Å². The maximum absolute atomic E-state index is 12.7. The first kappa shape index (κ1) is 18.8. The molecular formula is C15H20ClNO6S. The minimum Gasteiger partial charge on any atom is -0.475 e. The third-order valence-electron chi connectivity index (χ3n) is 3.37. The molecule has 1 aromatic carbocycles. The number of nitrogens with zero attached hydrogens (tertiary/aromatic N) is 1. The van der Waals surface area contributed by atoms with Crippen molar-refractivity contribution >= 4 is 33.3 Å². The smallest absolute Gasteiger partial charge is 0.349 e. The first-order valence-electron chi connectivity index (χ1n) is 7.60. The zero-order valence-corrected chi connectivity index (χ0v) is 15.1. The zero-order valence-electron chi connectivity index (χ0n) is 13.5. The van der Waals surface area contributed by atoms with Crippen LogP contribution in [0.2, 0.25) is 5.02 Å². The lowest BCUT2D eigenvalue weighted by molar-refractivity contribution is -0.151. The Hall–Kier alpha value is -1.51. The molecule has 9 heteroatoms. The van der Waals surface area contributed by atoms with Gasteiger partial charge in [-0.2, -0.15) is 0 Å². The first-order valence-corrected chi connectivity index (χ1v) is 9.58. The molecule has 1 atom stereocenters. The number of esters is 1. The van der Waals surface area contributed by atoms with E-state index in [4.69, 9.17) is 25.8 Å². The summed E-state index contributed by atoms with van der Waals surface area (Å²) in [7, 11) is -3.71. The van der Waals surface area contributed by atoms with E-state index in [-0.39, 0.29) is 31.3 Å². The number of halogens is 1. The minimum absolute atomic E-state index is 0.0656. The van der Waals surface area contributed by atoms with Gasteiger partial charge in [0.15, 0.2) is 0 Å². The number of carbonyl (C=O) groups is 1. The van der Waals surface area contributed by atoms with E-state index in [0.717, 1.165) is 4.31 Å². The van der Waals surface area contributed by atoms with Crippen LogP contribution in [0.3, 0.4) is 0 Å². The summed E-state index contributed by atoms with van der Waals surface area (Å²) in [6.45, 7) is 3.96. The molecule has 1 heterocycles. The number of ether oxygens (including phenoxy) is 3. The largest absolute Gasteiger partial charge is 0.475 e. The number of sulfonamides is 1. The molecule has 7 nitrogen and oxygen atoms in total. The number of carbonyl (C=O) groups excluding carboxylic acids is 1. The Balaban J connectivity index is 2.33. The second-order valence-corrected chi connectivity index (χ2v) is 7.46. The lowest BCUT2D eigenvalue weighted by atomic mass is 10.2. The Morgan fingerprint density at radius 1 is 1.38 bits per heavy atom. The second kappa shape index (κ2) is 8.04. The standard InChI is InChI=1S/C15H20ClNO6S/c1-3-21-7-8-24(19,20)17-10-14(15(18)22-4-2)23-13-6-5-11(16)9-12(13)17/h5-6,9,14H,3-4,7-8,10H2,1-2H3. The van der Waals surface area contributed by atoms with Crippen LogP contribution in [0.25, 0.3) is 0 Å². The Kier molecular flexibility index (Phi) is 6.31. The Labute approximate surface area is 146 Å². The summed E-state index contributed by atoms with van der Waals surface area (Å²) in [5.41, 5.74) is 0.305. The Morgan fingerprint density at radius 2 is 2.12 bits per heavy atom. The first-order chi connectivity index (χ1) is 11.4. The van der Waals surface area contributed by atoms with Gasteiger partial charge in [-0.25, -0.2) is 13.2 Å². The van der Waals surface area contributed by atoms with Gasteiger partial charge in [0.05, 0.1) is 31.2 Å². The van der Waals surface area contributed by atoms with Crippen molar-refractivity contribution in [2.24, 2.45) is 0 Å². The molecule has 0 saturated heterocycles. The van der Waals surface area contributed by atoms with E-state index in [1.165, 1.54) is 12.1 Å². The van der Waals surface area contributed by atoms with Gasteiger partial charge >= 0.3 is 5.97 Å². The van der Waals surface area contributed by atoms with Crippen molar-refractivity contribution in [1.29, 1.82) is 0 Å². The second-order valence-electron chi connectivity index (χ2n) is 5.01. The summed E-state index contributed by atoms with van der Waals surface area (Å²) >= 11 is 5.97. The molecule has 0 N–H and O–H groups in total. The van der Waals surface area contributed by atoms with E-state index in [9.17, 15) is 13.2 Å². The topological polar surface area (TPSA) is 82.1 Å². The molecule has 1 aliphatic rings. The maximum Gasteiger partial charge on any atom is 0.349 e. The van der Waals surface area contributed by atoms with Gasteiger partial charge in [0.1, 0.15) is 5.75 Å². The van der Waals surface area contributed by atoms with Crippen LogP contribution in [0.4, 0.5) is 5.69 Å². The fourth-order valence-corrected chi connectivity index (χ4v) is 3.78. The highest BCUT2D eigenvalue weighted by Crippen LogP contribution is 2.37. The highest BCUT2D eigenvalue weighted by molar-refractivity contribution is 7.92. The number of rotatable bonds is 7. The molecule has 1 unspecified atom stereocenters. The zero-order chi connectivity index (χ0) is 17.7. The average molecular weight is 378 g/mol. The number of hydrogen-bond acceptors (Lipinski definition) is 6. The Morgan fingerprint density at radius 3 is 2.79 bits per heavy atom. The van der Waals surface area contributed by atoms with Gasteiger partial charge in [-0.15, -0.1) is 0 Å². The summed E-state index contributed by atoms with van der Waals surface area (Å²) in [4.78, 5) is 12.0.